The minimum absolute atomic E-state index is 0.0299. The number of hydrogen-bond acceptors (Lipinski definition) is 5. The van der Waals surface area contributed by atoms with Crippen LogP contribution in [0.1, 0.15) is 5.56 Å². The molecule has 2 aromatic rings. The van der Waals surface area contributed by atoms with E-state index >= 15 is 0 Å². The molecule has 5 nitrogen and oxygen atoms in total. The number of aliphatic hydroxyl groups excluding tert-OH is 1. The van der Waals surface area contributed by atoms with Crippen LogP contribution in [0.5, 0.6) is 0 Å². The third kappa shape index (κ3) is 2.54. The highest BCUT2D eigenvalue weighted by Crippen LogP contribution is 2.22. The first-order chi connectivity index (χ1) is 7.28. The third-order valence-corrected chi connectivity index (χ3v) is 2.59. The average molecular weight is 222 g/mol. The highest BCUT2D eigenvalue weighted by molar-refractivity contribution is 7.99. The fourth-order valence-electron chi connectivity index (χ4n) is 1.03. The normalized spacial score (nSPS) is 10.5. The van der Waals surface area contributed by atoms with Gasteiger partial charge in [-0.25, -0.2) is 9.97 Å². The summed E-state index contributed by atoms with van der Waals surface area (Å²) in [5.41, 5.74) is 0.713. The Morgan fingerprint density at radius 1 is 1.33 bits per heavy atom. The molecule has 15 heavy (non-hydrogen) atoms. The second-order valence-corrected chi connectivity index (χ2v) is 4.02. The van der Waals surface area contributed by atoms with Crippen molar-refractivity contribution in [3.63, 3.8) is 0 Å². The molecule has 0 fully saturated rings. The van der Waals surface area contributed by atoms with Crippen molar-refractivity contribution in [3.8, 4) is 0 Å². The summed E-state index contributed by atoms with van der Waals surface area (Å²) in [4.78, 5) is 9.21. The van der Waals surface area contributed by atoms with E-state index in [0.717, 1.165) is 4.90 Å². The maximum absolute atomic E-state index is 8.82. The topological polar surface area (TPSA) is 63.8 Å². The molecule has 0 spiro atoms. The van der Waals surface area contributed by atoms with E-state index in [1.165, 1.54) is 11.8 Å². The monoisotopic (exact) mass is 222 g/mol. The minimum atomic E-state index is -0.0299. The van der Waals surface area contributed by atoms with Gasteiger partial charge in [-0.05, 0) is 11.8 Å². The maximum Gasteiger partial charge on any atom is 0.192 e. The van der Waals surface area contributed by atoms with Crippen LogP contribution < -0.4 is 0 Å². The number of hydrogen-bond donors (Lipinski definition) is 1. The number of rotatable bonds is 3. The Morgan fingerprint density at radius 3 is 2.60 bits per heavy atom. The Bertz CT molecular complexity index is 440. The van der Waals surface area contributed by atoms with Gasteiger partial charge in [0, 0.05) is 31.2 Å². The van der Waals surface area contributed by atoms with Gasteiger partial charge in [0.05, 0.1) is 17.7 Å². The van der Waals surface area contributed by atoms with Crippen LogP contribution in [0.15, 0.2) is 34.8 Å². The first-order valence-electron chi connectivity index (χ1n) is 4.36. The van der Waals surface area contributed by atoms with Gasteiger partial charge < -0.3 is 5.11 Å². The number of aliphatic hydroxyl groups is 1. The molecule has 0 aromatic carbocycles. The Balaban J connectivity index is 2.11. The lowest BCUT2D eigenvalue weighted by molar-refractivity contribution is 0.280. The van der Waals surface area contributed by atoms with Crippen molar-refractivity contribution in [2.45, 2.75) is 16.7 Å². The van der Waals surface area contributed by atoms with Gasteiger partial charge in [-0.3, -0.25) is 4.68 Å². The Kier molecular flexibility index (Phi) is 2.98. The van der Waals surface area contributed by atoms with E-state index in [1.54, 1.807) is 23.3 Å². The first kappa shape index (κ1) is 10.1. The van der Waals surface area contributed by atoms with Crippen molar-refractivity contribution in [3.05, 3.63) is 30.4 Å². The van der Waals surface area contributed by atoms with E-state index in [4.69, 9.17) is 5.11 Å². The van der Waals surface area contributed by atoms with Crippen LogP contribution >= 0.6 is 11.8 Å². The van der Waals surface area contributed by atoms with Crippen molar-refractivity contribution < 1.29 is 5.11 Å². The van der Waals surface area contributed by atoms with E-state index in [2.05, 4.69) is 15.1 Å². The van der Waals surface area contributed by atoms with Gasteiger partial charge in [0.15, 0.2) is 5.16 Å². The van der Waals surface area contributed by atoms with Crippen LogP contribution in [0.25, 0.3) is 0 Å². The average Bonchev–Trinajstić information content (AvgIpc) is 2.65. The quantitative estimate of drug-likeness (QED) is 0.780. The summed E-state index contributed by atoms with van der Waals surface area (Å²) < 4.78 is 1.73. The molecule has 0 amide bonds. The fourth-order valence-corrected chi connectivity index (χ4v) is 1.76. The highest BCUT2D eigenvalue weighted by Gasteiger charge is 2.02. The van der Waals surface area contributed by atoms with Crippen molar-refractivity contribution in [2.24, 2.45) is 7.05 Å². The Hall–Kier alpha value is -1.40. The Labute approximate surface area is 91.2 Å². The van der Waals surface area contributed by atoms with E-state index in [0.29, 0.717) is 10.7 Å². The van der Waals surface area contributed by atoms with Crippen LogP contribution in [-0.2, 0) is 13.7 Å². The lowest BCUT2D eigenvalue weighted by Gasteiger charge is -1.97. The number of aryl methyl sites for hydroxylation is 1. The molecule has 0 saturated heterocycles. The molecule has 0 aliphatic rings. The molecule has 6 heteroatoms. The molecule has 2 aromatic heterocycles. The largest absolute Gasteiger partial charge is 0.392 e. The molecular weight excluding hydrogens is 212 g/mol. The van der Waals surface area contributed by atoms with E-state index in [1.807, 2.05) is 13.2 Å². The summed E-state index contributed by atoms with van der Waals surface area (Å²) in [5.74, 6) is 0. The zero-order valence-electron chi connectivity index (χ0n) is 8.16. The van der Waals surface area contributed by atoms with Gasteiger partial charge in [0.1, 0.15) is 0 Å². The summed E-state index contributed by atoms with van der Waals surface area (Å²) in [5, 5.41) is 13.5. The molecule has 2 heterocycles. The van der Waals surface area contributed by atoms with Gasteiger partial charge in [-0.15, -0.1) is 0 Å². The van der Waals surface area contributed by atoms with Crippen molar-refractivity contribution >= 4 is 11.8 Å². The van der Waals surface area contributed by atoms with Gasteiger partial charge in [-0.2, -0.15) is 5.10 Å². The number of nitrogens with zero attached hydrogens (tertiary/aromatic N) is 4. The van der Waals surface area contributed by atoms with Gasteiger partial charge >= 0.3 is 0 Å². The molecular formula is C9H10N4OS. The standard InChI is InChI=1S/C9H10N4OS/c1-13-5-8(4-12-13)15-9-10-2-7(6-14)3-11-9/h2-5,14H,6H2,1H3. The van der Waals surface area contributed by atoms with Crippen LogP contribution in [-0.4, -0.2) is 24.9 Å². The summed E-state index contributed by atoms with van der Waals surface area (Å²) in [7, 11) is 1.86. The molecule has 0 radical (unpaired) electrons. The van der Waals surface area contributed by atoms with Gasteiger partial charge in [0.25, 0.3) is 0 Å². The molecule has 0 aliphatic carbocycles. The third-order valence-electron chi connectivity index (χ3n) is 1.75. The predicted octanol–water partition coefficient (Wildman–Crippen LogP) is 0.854. The zero-order chi connectivity index (χ0) is 10.7. The minimum Gasteiger partial charge on any atom is -0.392 e. The van der Waals surface area contributed by atoms with Crippen LogP contribution in [0.4, 0.5) is 0 Å². The van der Waals surface area contributed by atoms with E-state index in [-0.39, 0.29) is 6.61 Å². The molecule has 0 aliphatic heterocycles. The fraction of sp³-hybridized carbons (Fsp3) is 0.222. The second kappa shape index (κ2) is 4.41. The molecule has 1 N–H and O–H groups in total. The lowest BCUT2D eigenvalue weighted by Crippen LogP contribution is -1.90. The van der Waals surface area contributed by atoms with Crippen LogP contribution in [0.3, 0.4) is 0 Å². The van der Waals surface area contributed by atoms with Crippen molar-refractivity contribution in [1.82, 2.24) is 19.7 Å². The maximum atomic E-state index is 8.82. The molecule has 2 rings (SSSR count). The van der Waals surface area contributed by atoms with Gasteiger partial charge in [-0.1, -0.05) is 0 Å². The van der Waals surface area contributed by atoms with E-state index < -0.39 is 0 Å². The zero-order valence-corrected chi connectivity index (χ0v) is 8.98. The summed E-state index contributed by atoms with van der Waals surface area (Å²) in [6.45, 7) is -0.0299. The van der Waals surface area contributed by atoms with Crippen LogP contribution in [0.2, 0.25) is 0 Å². The van der Waals surface area contributed by atoms with E-state index in [9.17, 15) is 0 Å². The SMILES string of the molecule is Cn1cc(Sc2ncc(CO)cn2)cn1. The van der Waals surface area contributed by atoms with Crippen molar-refractivity contribution in [2.75, 3.05) is 0 Å². The summed E-state index contributed by atoms with van der Waals surface area (Å²) in [6.07, 6.45) is 6.89. The smallest absolute Gasteiger partial charge is 0.192 e. The van der Waals surface area contributed by atoms with Crippen molar-refractivity contribution in [1.29, 1.82) is 0 Å². The summed E-state index contributed by atoms with van der Waals surface area (Å²) in [6, 6.07) is 0. The molecule has 0 unspecified atom stereocenters. The molecule has 0 saturated carbocycles. The lowest BCUT2D eigenvalue weighted by atomic mass is 10.4. The summed E-state index contributed by atoms with van der Waals surface area (Å²) >= 11 is 1.44. The molecule has 0 atom stereocenters. The predicted molar refractivity (Wildman–Crippen MR) is 55.3 cm³/mol. The Morgan fingerprint density at radius 2 is 2.07 bits per heavy atom. The second-order valence-electron chi connectivity index (χ2n) is 2.98. The van der Waals surface area contributed by atoms with Gasteiger partial charge in [0.2, 0.25) is 0 Å². The first-order valence-corrected chi connectivity index (χ1v) is 5.18. The highest BCUT2D eigenvalue weighted by atomic mass is 32.2. The number of aromatic nitrogens is 4. The van der Waals surface area contributed by atoms with Crippen LogP contribution in [0, 0.1) is 0 Å². The molecule has 78 valence electrons. The molecule has 0 bridgehead atoms.